The topological polar surface area (TPSA) is 32.3 Å². The van der Waals surface area contributed by atoms with Gasteiger partial charge in [-0.1, -0.05) is 40.2 Å². The monoisotopic (exact) mass is 404 g/mol. The fourth-order valence-electron chi connectivity index (χ4n) is 2.84. The summed E-state index contributed by atoms with van der Waals surface area (Å²) in [5.74, 6) is -0.296. The maximum Gasteiger partial charge on any atom is 0.242 e. The molecule has 0 heterocycles. The number of nitrogens with one attached hydrogen (secondary N) is 1. The molecule has 5 heteroatoms. The highest BCUT2D eigenvalue weighted by Gasteiger charge is 2.30. The second kappa shape index (κ2) is 8.11. The normalized spacial score (nSPS) is 15.2. The molecular formula is C20H22BrFN2O. The molecule has 0 radical (unpaired) electrons. The van der Waals surface area contributed by atoms with Gasteiger partial charge in [-0.25, -0.2) is 4.39 Å². The molecular weight excluding hydrogens is 383 g/mol. The molecule has 1 fully saturated rings. The molecule has 1 amide bonds. The fraction of sp³-hybridized carbons (Fsp3) is 0.350. The van der Waals surface area contributed by atoms with E-state index in [0.717, 1.165) is 35.8 Å². The first kappa shape index (κ1) is 18.1. The molecule has 2 aromatic carbocycles. The second-order valence-electron chi connectivity index (χ2n) is 6.59. The maximum atomic E-state index is 13.3. The number of likely N-dealkylation sites (N-methyl/N-ethyl adjacent to an activating group) is 1. The van der Waals surface area contributed by atoms with Crippen molar-refractivity contribution in [1.82, 2.24) is 10.2 Å². The van der Waals surface area contributed by atoms with Crippen LogP contribution in [-0.2, 0) is 11.2 Å². The summed E-state index contributed by atoms with van der Waals surface area (Å²) in [7, 11) is 1.94. The van der Waals surface area contributed by atoms with Crippen molar-refractivity contribution in [3.63, 3.8) is 0 Å². The van der Waals surface area contributed by atoms with Crippen LogP contribution in [0.3, 0.4) is 0 Å². The number of amides is 1. The minimum atomic E-state index is -0.406. The van der Waals surface area contributed by atoms with Crippen LogP contribution in [0.4, 0.5) is 4.39 Å². The molecule has 1 unspecified atom stereocenters. The standard InChI is InChI=1S/C20H22BrFN2O/c1-24(13-12-14-2-6-16(21)7-3-14)19(20(25)23-18-10-11-18)15-4-8-17(22)9-5-15/h2-9,18-19H,10-13H2,1H3,(H,23,25). The van der Waals surface area contributed by atoms with Gasteiger partial charge < -0.3 is 5.32 Å². The minimum Gasteiger partial charge on any atom is -0.352 e. The van der Waals surface area contributed by atoms with Crippen molar-refractivity contribution >= 4 is 21.8 Å². The summed E-state index contributed by atoms with van der Waals surface area (Å²) in [6.45, 7) is 0.738. The van der Waals surface area contributed by atoms with E-state index in [4.69, 9.17) is 0 Å². The summed E-state index contributed by atoms with van der Waals surface area (Å²) in [4.78, 5) is 14.8. The molecule has 1 saturated carbocycles. The van der Waals surface area contributed by atoms with E-state index >= 15 is 0 Å². The second-order valence-corrected chi connectivity index (χ2v) is 7.51. The number of nitrogens with zero attached hydrogens (tertiary/aromatic N) is 1. The number of hydrogen-bond donors (Lipinski definition) is 1. The van der Waals surface area contributed by atoms with Crippen LogP contribution in [0.15, 0.2) is 53.0 Å². The third-order valence-electron chi connectivity index (χ3n) is 4.47. The van der Waals surface area contributed by atoms with Crippen molar-refractivity contribution in [2.75, 3.05) is 13.6 Å². The summed E-state index contributed by atoms with van der Waals surface area (Å²) in [5.41, 5.74) is 2.04. The minimum absolute atomic E-state index is 0.00702. The van der Waals surface area contributed by atoms with Crippen molar-refractivity contribution in [2.45, 2.75) is 31.3 Å². The number of carbonyl (C=O) groups is 1. The van der Waals surface area contributed by atoms with Crippen molar-refractivity contribution < 1.29 is 9.18 Å². The smallest absolute Gasteiger partial charge is 0.242 e. The maximum absolute atomic E-state index is 13.3. The van der Waals surface area contributed by atoms with E-state index in [9.17, 15) is 9.18 Å². The molecule has 0 aliphatic heterocycles. The van der Waals surface area contributed by atoms with Gasteiger partial charge in [-0.15, -0.1) is 0 Å². The zero-order valence-electron chi connectivity index (χ0n) is 14.2. The number of hydrogen-bond acceptors (Lipinski definition) is 2. The SMILES string of the molecule is CN(CCc1ccc(Br)cc1)C(C(=O)NC1CC1)c1ccc(F)cc1. The molecule has 3 rings (SSSR count). The summed E-state index contributed by atoms with van der Waals surface area (Å²) in [6, 6.07) is 14.3. The van der Waals surface area contributed by atoms with Crippen molar-refractivity contribution in [3.05, 3.63) is 69.9 Å². The van der Waals surface area contributed by atoms with Gasteiger partial charge in [-0.05, 0) is 61.7 Å². The highest BCUT2D eigenvalue weighted by Crippen LogP contribution is 2.25. The first-order valence-corrected chi connectivity index (χ1v) is 9.33. The van der Waals surface area contributed by atoms with Crippen LogP contribution in [0.25, 0.3) is 0 Å². The number of rotatable bonds is 7. The first-order chi connectivity index (χ1) is 12.0. The van der Waals surface area contributed by atoms with Gasteiger partial charge in [0.2, 0.25) is 5.91 Å². The van der Waals surface area contributed by atoms with E-state index in [1.807, 2.05) is 24.1 Å². The lowest BCUT2D eigenvalue weighted by atomic mass is 10.0. The van der Waals surface area contributed by atoms with Gasteiger partial charge in [0.15, 0.2) is 0 Å². The van der Waals surface area contributed by atoms with Crippen LogP contribution >= 0.6 is 15.9 Å². The summed E-state index contributed by atoms with van der Waals surface area (Å²) >= 11 is 3.44. The lowest BCUT2D eigenvalue weighted by Crippen LogP contribution is -2.40. The summed E-state index contributed by atoms with van der Waals surface area (Å²) in [6.07, 6.45) is 2.94. The molecule has 1 aliphatic carbocycles. The Morgan fingerprint density at radius 1 is 1.20 bits per heavy atom. The van der Waals surface area contributed by atoms with Gasteiger partial charge in [0.1, 0.15) is 11.9 Å². The lowest BCUT2D eigenvalue weighted by Gasteiger charge is -2.27. The van der Waals surface area contributed by atoms with Crippen LogP contribution in [0, 0.1) is 5.82 Å². The van der Waals surface area contributed by atoms with Crippen LogP contribution in [0.5, 0.6) is 0 Å². The van der Waals surface area contributed by atoms with Gasteiger partial charge in [0.05, 0.1) is 0 Å². The Hall–Kier alpha value is -1.72. The third kappa shape index (κ3) is 5.13. The third-order valence-corrected chi connectivity index (χ3v) is 4.99. The average Bonchev–Trinajstić information content (AvgIpc) is 3.40. The van der Waals surface area contributed by atoms with E-state index in [2.05, 4.69) is 33.4 Å². The Labute approximate surface area is 156 Å². The molecule has 0 bridgehead atoms. The number of halogens is 2. The van der Waals surface area contributed by atoms with E-state index in [1.165, 1.54) is 17.7 Å². The highest BCUT2D eigenvalue weighted by atomic mass is 79.9. The molecule has 2 aromatic rings. The van der Waals surface area contributed by atoms with Crippen molar-refractivity contribution in [3.8, 4) is 0 Å². The highest BCUT2D eigenvalue weighted by molar-refractivity contribution is 9.10. The van der Waals surface area contributed by atoms with Crippen LogP contribution in [-0.4, -0.2) is 30.4 Å². The molecule has 1 atom stereocenters. The average molecular weight is 405 g/mol. The number of carbonyl (C=O) groups excluding carboxylic acids is 1. The van der Waals surface area contributed by atoms with Gasteiger partial charge in [-0.3, -0.25) is 9.69 Å². The zero-order valence-corrected chi connectivity index (χ0v) is 15.8. The van der Waals surface area contributed by atoms with Gasteiger partial charge in [-0.2, -0.15) is 0 Å². The summed E-state index contributed by atoms with van der Waals surface area (Å²) < 4.78 is 14.3. The molecule has 0 spiro atoms. The van der Waals surface area contributed by atoms with Crippen LogP contribution in [0.1, 0.15) is 30.0 Å². The number of benzene rings is 2. The summed E-state index contributed by atoms with van der Waals surface area (Å²) in [5, 5.41) is 3.07. The van der Waals surface area contributed by atoms with E-state index < -0.39 is 6.04 Å². The Balaban J connectivity index is 1.71. The zero-order chi connectivity index (χ0) is 17.8. The Morgan fingerprint density at radius 2 is 1.84 bits per heavy atom. The Morgan fingerprint density at radius 3 is 2.44 bits per heavy atom. The molecule has 132 valence electrons. The Bertz CT molecular complexity index is 713. The van der Waals surface area contributed by atoms with Gasteiger partial charge in [0.25, 0.3) is 0 Å². The molecule has 1 N–H and O–H groups in total. The fourth-order valence-corrected chi connectivity index (χ4v) is 3.11. The quantitative estimate of drug-likeness (QED) is 0.753. The predicted molar refractivity (Wildman–Crippen MR) is 101 cm³/mol. The van der Waals surface area contributed by atoms with Crippen molar-refractivity contribution in [1.29, 1.82) is 0 Å². The molecule has 3 nitrogen and oxygen atoms in total. The van der Waals surface area contributed by atoms with E-state index in [0.29, 0.717) is 6.04 Å². The first-order valence-electron chi connectivity index (χ1n) is 8.53. The van der Waals surface area contributed by atoms with Crippen LogP contribution < -0.4 is 5.32 Å². The van der Waals surface area contributed by atoms with Gasteiger partial charge >= 0.3 is 0 Å². The van der Waals surface area contributed by atoms with Crippen molar-refractivity contribution in [2.24, 2.45) is 0 Å². The van der Waals surface area contributed by atoms with Gasteiger partial charge in [0, 0.05) is 17.1 Å². The van der Waals surface area contributed by atoms with E-state index in [1.54, 1.807) is 12.1 Å². The Kier molecular flexibility index (Phi) is 5.86. The lowest BCUT2D eigenvalue weighted by molar-refractivity contribution is -0.126. The molecule has 0 saturated heterocycles. The molecule has 1 aliphatic rings. The molecule has 0 aromatic heterocycles. The predicted octanol–water partition coefficient (Wildman–Crippen LogP) is 4.08. The largest absolute Gasteiger partial charge is 0.352 e. The van der Waals surface area contributed by atoms with Crippen LogP contribution in [0.2, 0.25) is 0 Å². The van der Waals surface area contributed by atoms with E-state index in [-0.39, 0.29) is 11.7 Å². The molecule has 25 heavy (non-hydrogen) atoms.